The molecule has 0 bridgehead atoms. The minimum Gasteiger partial charge on any atom is -0.328 e. The van der Waals surface area contributed by atoms with Crippen LogP contribution in [0.25, 0.3) is 0 Å². The Hall–Kier alpha value is -0.570. The number of amides is 1. The highest BCUT2D eigenvalue weighted by molar-refractivity contribution is 5.87. The number of nitrogens with zero attached hydrogens (tertiary/aromatic N) is 1. The summed E-state index contributed by atoms with van der Waals surface area (Å²) in [6.45, 7) is 8.10. The van der Waals surface area contributed by atoms with Crippen molar-refractivity contribution >= 4 is 5.91 Å². The topological polar surface area (TPSA) is 32.3 Å². The summed E-state index contributed by atoms with van der Waals surface area (Å²) >= 11 is 0. The van der Waals surface area contributed by atoms with Gasteiger partial charge in [-0.05, 0) is 31.6 Å². The van der Waals surface area contributed by atoms with Crippen molar-refractivity contribution in [1.29, 1.82) is 0 Å². The number of rotatable bonds is 3. The fourth-order valence-electron chi connectivity index (χ4n) is 3.02. The van der Waals surface area contributed by atoms with Gasteiger partial charge in [0.05, 0.1) is 12.2 Å². The zero-order valence-electron chi connectivity index (χ0n) is 10.8. The molecule has 16 heavy (non-hydrogen) atoms. The summed E-state index contributed by atoms with van der Waals surface area (Å²) in [5.74, 6) is 0.295. The molecule has 1 amide bonds. The van der Waals surface area contributed by atoms with Gasteiger partial charge in [-0.2, -0.15) is 0 Å². The third kappa shape index (κ3) is 1.97. The van der Waals surface area contributed by atoms with E-state index >= 15 is 0 Å². The molecule has 92 valence electrons. The number of carbonyl (C=O) groups excluding carboxylic acids is 1. The molecule has 2 rings (SSSR count). The molecule has 2 aliphatic rings. The van der Waals surface area contributed by atoms with E-state index in [-0.39, 0.29) is 5.54 Å². The smallest absolute Gasteiger partial charge is 0.243 e. The van der Waals surface area contributed by atoms with Gasteiger partial charge in [0.2, 0.25) is 5.91 Å². The molecule has 1 heterocycles. The second kappa shape index (κ2) is 4.02. The summed E-state index contributed by atoms with van der Waals surface area (Å²) in [6, 6.07) is 0. The van der Waals surface area contributed by atoms with Crippen LogP contribution < -0.4 is 5.32 Å². The number of hydrogen-bond donors (Lipinski definition) is 1. The van der Waals surface area contributed by atoms with E-state index in [0.717, 1.165) is 19.6 Å². The molecule has 0 aromatic rings. The molecule has 1 saturated heterocycles. The largest absolute Gasteiger partial charge is 0.328 e. The van der Waals surface area contributed by atoms with Crippen molar-refractivity contribution in [3.8, 4) is 0 Å². The third-order valence-corrected chi connectivity index (χ3v) is 4.51. The number of carbonyl (C=O) groups is 1. The van der Waals surface area contributed by atoms with Crippen LogP contribution in [0.1, 0.15) is 52.9 Å². The van der Waals surface area contributed by atoms with Crippen molar-refractivity contribution in [3.63, 3.8) is 0 Å². The predicted octanol–water partition coefficient (Wildman–Crippen LogP) is 2.12. The molecule has 1 saturated carbocycles. The lowest BCUT2D eigenvalue weighted by atomic mass is 9.88. The Labute approximate surface area is 98.6 Å². The maximum Gasteiger partial charge on any atom is 0.243 e. The molecular weight excluding hydrogens is 200 g/mol. The summed E-state index contributed by atoms with van der Waals surface area (Å²) in [5.41, 5.74) is 0.0608. The van der Waals surface area contributed by atoms with Crippen molar-refractivity contribution in [3.05, 3.63) is 0 Å². The van der Waals surface area contributed by atoms with Crippen molar-refractivity contribution in [2.24, 2.45) is 5.41 Å². The molecule has 1 aliphatic heterocycles. The predicted molar refractivity (Wildman–Crippen MR) is 65.0 cm³/mol. The Kier molecular flexibility index (Phi) is 2.99. The van der Waals surface area contributed by atoms with E-state index in [1.165, 1.54) is 25.7 Å². The molecule has 0 aromatic carbocycles. The molecule has 1 atom stereocenters. The number of hydrogen-bond acceptors (Lipinski definition) is 2. The van der Waals surface area contributed by atoms with Gasteiger partial charge < -0.3 is 4.90 Å². The fourth-order valence-corrected chi connectivity index (χ4v) is 3.02. The zero-order chi connectivity index (χ0) is 11.8. The SMILES string of the molecule is CCC1(C)NCN(CC2(C)CCCC2)C1=O. The Morgan fingerprint density at radius 1 is 1.31 bits per heavy atom. The normalized spacial score (nSPS) is 33.7. The van der Waals surface area contributed by atoms with Gasteiger partial charge in [-0.25, -0.2) is 0 Å². The van der Waals surface area contributed by atoms with Crippen molar-refractivity contribution in [1.82, 2.24) is 10.2 Å². The van der Waals surface area contributed by atoms with E-state index in [2.05, 4.69) is 19.2 Å². The molecule has 1 aliphatic carbocycles. The monoisotopic (exact) mass is 224 g/mol. The first-order valence-electron chi connectivity index (χ1n) is 6.54. The maximum absolute atomic E-state index is 12.3. The van der Waals surface area contributed by atoms with Crippen LogP contribution in [-0.4, -0.2) is 29.6 Å². The van der Waals surface area contributed by atoms with Gasteiger partial charge in [0, 0.05) is 6.54 Å². The van der Waals surface area contributed by atoms with Crippen molar-refractivity contribution < 1.29 is 4.79 Å². The molecule has 3 heteroatoms. The average Bonchev–Trinajstić information content (AvgIpc) is 2.79. The molecule has 0 aromatic heterocycles. The maximum atomic E-state index is 12.3. The van der Waals surface area contributed by atoms with Gasteiger partial charge in [0.15, 0.2) is 0 Å². The Morgan fingerprint density at radius 2 is 1.94 bits per heavy atom. The van der Waals surface area contributed by atoms with Gasteiger partial charge >= 0.3 is 0 Å². The quantitative estimate of drug-likeness (QED) is 0.796. The minimum atomic E-state index is -0.311. The van der Waals surface area contributed by atoms with Gasteiger partial charge in [-0.3, -0.25) is 10.1 Å². The molecular formula is C13H24N2O. The first-order valence-corrected chi connectivity index (χ1v) is 6.54. The van der Waals surface area contributed by atoms with Crippen LogP contribution in [-0.2, 0) is 4.79 Å². The van der Waals surface area contributed by atoms with Crippen molar-refractivity contribution in [2.45, 2.75) is 58.4 Å². The third-order valence-electron chi connectivity index (χ3n) is 4.51. The lowest BCUT2D eigenvalue weighted by Gasteiger charge is -2.30. The molecule has 2 fully saturated rings. The fraction of sp³-hybridized carbons (Fsp3) is 0.923. The van der Waals surface area contributed by atoms with E-state index in [1.807, 2.05) is 11.8 Å². The second-order valence-electron chi connectivity index (χ2n) is 6.04. The summed E-state index contributed by atoms with van der Waals surface area (Å²) in [4.78, 5) is 14.3. The van der Waals surface area contributed by atoms with E-state index < -0.39 is 0 Å². The molecule has 1 unspecified atom stereocenters. The van der Waals surface area contributed by atoms with Gasteiger partial charge in [-0.1, -0.05) is 26.7 Å². The lowest BCUT2D eigenvalue weighted by Crippen LogP contribution is -2.44. The highest BCUT2D eigenvalue weighted by Crippen LogP contribution is 2.39. The summed E-state index contributed by atoms with van der Waals surface area (Å²) in [6.07, 6.45) is 6.09. The van der Waals surface area contributed by atoms with E-state index in [4.69, 9.17) is 0 Å². The zero-order valence-corrected chi connectivity index (χ0v) is 10.8. The summed E-state index contributed by atoms with van der Waals surface area (Å²) < 4.78 is 0. The second-order valence-corrected chi connectivity index (χ2v) is 6.04. The molecule has 1 N–H and O–H groups in total. The molecule has 0 radical (unpaired) electrons. The van der Waals surface area contributed by atoms with Crippen LogP contribution >= 0.6 is 0 Å². The lowest BCUT2D eigenvalue weighted by molar-refractivity contribution is -0.133. The standard InChI is InChI=1S/C13H24N2O/c1-4-13(3)11(16)15(10-14-13)9-12(2)7-5-6-8-12/h14H,4-10H2,1-3H3. The van der Waals surface area contributed by atoms with Crippen LogP contribution in [0, 0.1) is 5.41 Å². The van der Waals surface area contributed by atoms with E-state index in [1.54, 1.807) is 0 Å². The Balaban J connectivity index is 2.00. The molecule has 3 nitrogen and oxygen atoms in total. The first kappa shape index (κ1) is 11.9. The number of nitrogens with one attached hydrogen (secondary N) is 1. The Morgan fingerprint density at radius 3 is 2.44 bits per heavy atom. The van der Waals surface area contributed by atoms with Crippen LogP contribution in [0.3, 0.4) is 0 Å². The van der Waals surface area contributed by atoms with E-state index in [0.29, 0.717) is 11.3 Å². The van der Waals surface area contributed by atoms with Crippen LogP contribution in [0.15, 0.2) is 0 Å². The molecule has 0 spiro atoms. The minimum absolute atomic E-state index is 0.295. The van der Waals surface area contributed by atoms with Crippen LogP contribution in [0.5, 0.6) is 0 Å². The Bertz CT molecular complexity index is 284. The van der Waals surface area contributed by atoms with Crippen molar-refractivity contribution in [2.75, 3.05) is 13.2 Å². The van der Waals surface area contributed by atoms with Crippen LogP contribution in [0.2, 0.25) is 0 Å². The van der Waals surface area contributed by atoms with Crippen LogP contribution in [0.4, 0.5) is 0 Å². The first-order chi connectivity index (χ1) is 7.49. The highest BCUT2D eigenvalue weighted by Gasteiger charge is 2.43. The summed E-state index contributed by atoms with van der Waals surface area (Å²) in [7, 11) is 0. The highest BCUT2D eigenvalue weighted by atomic mass is 16.2. The average molecular weight is 224 g/mol. The van der Waals surface area contributed by atoms with Gasteiger partial charge in [0.25, 0.3) is 0 Å². The summed E-state index contributed by atoms with van der Waals surface area (Å²) in [5, 5.41) is 3.35. The van der Waals surface area contributed by atoms with Gasteiger partial charge in [-0.15, -0.1) is 0 Å². The van der Waals surface area contributed by atoms with Gasteiger partial charge in [0.1, 0.15) is 0 Å². The van der Waals surface area contributed by atoms with E-state index in [9.17, 15) is 4.79 Å².